The molecule has 1 aromatic rings. The van der Waals surface area contributed by atoms with E-state index in [-0.39, 0.29) is 25.3 Å². The Morgan fingerprint density at radius 3 is 2.57 bits per heavy atom. The summed E-state index contributed by atoms with van der Waals surface area (Å²) in [5.41, 5.74) is -0.0825. The van der Waals surface area contributed by atoms with Crippen molar-refractivity contribution in [1.29, 1.82) is 0 Å². The van der Waals surface area contributed by atoms with E-state index in [1.54, 1.807) is 17.2 Å². The molecule has 2 heterocycles. The molecule has 2 fully saturated rings. The molecule has 1 amide bonds. The van der Waals surface area contributed by atoms with Crippen molar-refractivity contribution in [2.24, 2.45) is 5.41 Å². The molecule has 1 aliphatic heterocycles. The van der Waals surface area contributed by atoms with Crippen molar-refractivity contribution < 1.29 is 18.0 Å². The second-order valence-electron chi connectivity index (χ2n) is 5.86. The van der Waals surface area contributed by atoms with Crippen LogP contribution in [0, 0.1) is 5.41 Å². The summed E-state index contributed by atoms with van der Waals surface area (Å²) in [6.45, 7) is 1.21. The number of rotatable bonds is 5. The molecule has 0 bridgehead atoms. The number of amides is 1. The van der Waals surface area contributed by atoms with Crippen LogP contribution in [-0.2, 0) is 4.79 Å². The third-order valence-corrected chi connectivity index (χ3v) is 4.35. The minimum atomic E-state index is -4.14. The molecule has 1 saturated heterocycles. The Hall–Kier alpha value is -1.79. The Balaban J connectivity index is 1.55. The third-order valence-electron chi connectivity index (χ3n) is 4.35. The number of halogens is 3. The Kier molecular flexibility index (Phi) is 3.30. The average molecular weight is 299 g/mol. The topological polar surface area (TPSA) is 45.2 Å². The van der Waals surface area contributed by atoms with Gasteiger partial charge in [0.1, 0.15) is 0 Å². The summed E-state index contributed by atoms with van der Waals surface area (Å²) >= 11 is 0. The zero-order chi connectivity index (χ0) is 15.1. The van der Waals surface area contributed by atoms with Gasteiger partial charge in [-0.3, -0.25) is 9.78 Å². The summed E-state index contributed by atoms with van der Waals surface area (Å²) in [4.78, 5) is 16.4. The second-order valence-corrected chi connectivity index (χ2v) is 5.86. The molecule has 1 saturated carbocycles. The number of alkyl halides is 3. The Morgan fingerprint density at radius 2 is 2.10 bits per heavy atom. The summed E-state index contributed by atoms with van der Waals surface area (Å²) in [6.07, 6.45) is -1.39. The van der Waals surface area contributed by atoms with Crippen LogP contribution in [0.3, 0.4) is 0 Å². The monoisotopic (exact) mass is 299 g/mol. The fourth-order valence-electron chi connectivity index (χ4n) is 2.52. The van der Waals surface area contributed by atoms with Gasteiger partial charge in [0.15, 0.2) is 0 Å². The largest absolute Gasteiger partial charge is 0.396 e. The van der Waals surface area contributed by atoms with Gasteiger partial charge in [0.2, 0.25) is 6.41 Å². The van der Waals surface area contributed by atoms with Crippen LogP contribution in [0.25, 0.3) is 0 Å². The number of anilines is 1. The van der Waals surface area contributed by atoms with Crippen molar-refractivity contribution >= 4 is 12.1 Å². The number of nitrogens with one attached hydrogen (secondary N) is 1. The molecule has 114 valence electrons. The van der Waals surface area contributed by atoms with Gasteiger partial charge in [-0.2, -0.15) is 13.2 Å². The Labute approximate surface area is 120 Å². The van der Waals surface area contributed by atoms with Crippen LogP contribution < -0.4 is 5.32 Å². The maximum Gasteiger partial charge on any atom is 0.396 e. The predicted molar refractivity (Wildman–Crippen MR) is 70.8 cm³/mol. The number of carbonyl (C=O) groups is 1. The fourth-order valence-corrected chi connectivity index (χ4v) is 2.52. The molecule has 2 aliphatic rings. The highest BCUT2D eigenvalue weighted by atomic mass is 19.4. The molecule has 0 unspecified atom stereocenters. The molecule has 1 N–H and O–H groups in total. The van der Waals surface area contributed by atoms with Crippen LogP contribution in [0.1, 0.15) is 24.5 Å². The first-order chi connectivity index (χ1) is 9.93. The van der Waals surface area contributed by atoms with E-state index >= 15 is 0 Å². The Morgan fingerprint density at radius 1 is 1.38 bits per heavy atom. The maximum absolute atomic E-state index is 12.8. The molecule has 1 aromatic heterocycles. The molecule has 7 heteroatoms. The van der Waals surface area contributed by atoms with Gasteiger partial charge in [-0.05, 0) is 25.0 Å². The molecule has 0 spiro atoms. The van der Waals surface area contributed by atoms with Gasteiger partial charge in [-0.15, -0.1) is 0 Å². The lowest BCUT2D eigenvalue weighted by Gasteiger charge is -2.35. The number of pyridine rings is 1. The number of carbonyl (C=O) groups excluding carboxylic acids is 1. The summed E-state index contributed by atoms with van der Waals surface area (Å²) in [5.74, 6) is 0.231. The number of hydrogen-bond acceptors (Lipinski definition) is 3. The smallest absolute Gasteiger partial charge is 0.383 e. The van der Waals surface area contributed by atoms with Crippen molar-refractivity contribution in [3.8, 4) is 0 Å². The van der Waals surface area contributed by atoms with Gasteiger partial charge in [-0.1, -0.05) is 0 Å². The van der Waals surface area contributed by atoms with Crippen molar-refractivity contribution in [3.05, 3.63) is 24.0 Å². The molecule has 0 aromatic carbocycles. The third kappa shape index (κ3) is 2.69. The molecular weight excluding hydrogens is 283 g/mol. The van der Waals surface area contributed by atoms with Crippen LogP contribution >= 0.6 is 0 Å². The van der Waals surface area contributed by atoms with Gasteiger partial charge in [0, 0.05) is 31.2 Å². The van der Waals surface area contributed by atoms with Gasteiger partial charge in [0.25, 0.3) is 0 Å². The van der Waals surface area contributed by atoms with Crippen molar-refractivity contribution in [3.63, 3.8) is 0 Å². The molecule has 21 heavy (non-hydrogen) atoms. The van der Waals surface area contributed by atoms with E-state index in [2.05, 4.69) is 10.3 Å². The SMILES string of the molecule is O=CN1CC(c2ccc(NCC3(C(F)(F)F)CC3)cn2)C1. The highest BCUT2D eigenvalue weighted by Gasteiger charge is 2.62. The van der Waals surface area contributed by atoms with E-state index < -0.39 is 11.6 Å². The highest BCUT2D eigenvalue weighted by Crippen LogP contribution is 2.57. The molecular formula is C14H16F3N3O. The number of aromatic nitrogens is 1. The summed E-state index contributed by atoms with van der Waals surface area (Å²) in [6, 6.07) is 3.56. The predicted octanol–water partition coefficient (Wildman–Crippen LogP) is 2.39. The van der Waals surface area contributed by atoms with Crippen LogP contribution in [0.15, 0.2) is 18.3 Å². The number of likely N-dealkylation sites (tertiary alicyclic amines) is 1. The van der Waals surface area contributed by atoms with Crippen LogP contribution in [0.4, 0.5) is 18.9 Å². The zero-order valence-corrected chi connectivity index (χ0v) is 11.4. The minimum absolute atomic E-state index is 0.0973. The van der Waals surface area contributed by atoms with Crippen molar-refractivity contribution in [2.45, 2.75) is 24.9 Å². The van der Waals surface area contributed by atoms with E-state index in [1.165, 1.54) is 0 Å². The van der Waals surface area contributed by atoms with E-state index in [4.69, 9.17) is 0 Å². The number of hydrogen-bond donors (Lipinski definition) is 1. The lowest BCUT2D eigenvalue weighted by Crippen LogP contribution is -2.44. The van der Waals surface area contributed by atoms with E-state index in [0.29, 0.717) is 18.8 Å². The van der Waals surface area contributed by atoms with Crippen molar-refractivity contribution in [2.75, 3.05) is 25.0 Å². The second kappa shape index (κ2) is 4.89. The fraction of sp³-hybridized carbons (Fsp3) is 0.571. The Bertz CT molecular complexity index is 519. The standard InChI is InChI=1S/C14H16F3N3O/c15-14(16,17)13(3-4-13)8-19-11-1-2-12(18-5-11)10-6-20(7-10)9-21/h1-2,5,9-10,19H,3-4,6-8H2. The van der Waals surface area contributed by atoms with Gasteiger partial charge >= 0.3 is 6.18 Å². The number of nitrogens with zero attached hydrogens (tertiary/aromatic N) is 2. The summed E-state index contributed by atoms with van der Waals surface area (Å²) < 4.78 is 38.4. The minimum Gasteiger partial charge on any atom is -0.383 e. The normalized spacial score (nSPS) is 20.8. The van der Waals surface area contributed by atoms with Gasteiger partial charge in [0.05, 0.1) is 17.3 Å². The maximum atomic E-state index is 12.8. The summed E-state index contributed by atoms with van der Waals surface area (Å²) in [5, 5.41) is 2.83. The lowest BCUT2D eigenvalue weighted by atomic mass is 9.96. The van der Waals surface area contributed by atoms with Crippen molar-refractivity contribution in [1.82, 2.24) is 9.88 Å². The quantitative estimate of drug-likeness (QED) is 0.849. The first-order valence-corrected chi connectivity index (χ1v) is 6.89. The van der Waals surface area contributed by atoms with E-state index in [9.17, 15) is 18.0 Å². The van der Waals surface area contributed by atoms with Crippen LogP contribution in [-0.4, -0.2) is 42.1 Å². The highest BCUT2D eigenvalue weighted by molar-refractivity contribution is 5.50. The summed E-state index contributed by atoms with van der Waals surface area (Å²) in [7, 11) is 0. The average Bonchev–Trinajstić information content (AvgIpc) is 3.17. The van der Waals surface area contributed by atoms with Crippen LogP contribution in [0.5, 0.6) is 0 Å². The van der Waals surface area contributed by atoms with Gasteiger partial charge in [-0.25, -0.2) is 0 Å². The first-order valence-electron chi connectivity index (χ1n) is 6.89. The molecule has 0 radical (unpaired) electrons. The van der Waals surface area contributed by atoms with Crippen LogP contribution in [0.2, 0.25) is 0 Å². The first kappa shape index (κ1) is 14.2. The van der Waals surface area contributed by atoms with E-state index in [1.807, 2.05) is 6.07 Å². The molecule has 3 rings (SSSR count). The van der Waals surface area contributed by atoms with Gasteiger partial charge < -0.3 is 10.2 Å². The molecule has 1 aliphatic carbocycles. The van der Waals surface area contributed by atoms with E-state index in [0.717, 1.165) is 12.1 Å². The lowest BCUT2D eigenvalue weighted by molar-refractivity contribution is -0.182. The molecule has 0 atom stereocenters. The molecule has 4 nitrogen and oxygen atoms in total. The zero-order valence-electron chi connectivity index (χ0n) is 11.4.